The molecule has 1 atom stereocenters. The van der Waals surface area contributed by atoms with Crippen LogP contribution in [0.5, 0.6) is 5.75 Å². The maximum absolute atomic E-state index is 13.1. The number of rotatable bonds is 0. The monoisotopic (exact) mass is 220 g/mol. The van der Waals surface area contributed by atoms with Gasteiger partial charge in [-0.05, 0) is 12.1 Å². The fraction of sp³-hybridized carbons (Fsp3) is 0.400. The normalized spacial score (nSPS) is 19.9. The van der Waals surface area contributed by atoms with Crippen molar-refractivity contribution in [1.29, 1.82) is 0 Å². The predicted molar refractivity (Wildman–Crippen MR) is 45.3 cm³/mol. The summed E-state index contributed by atoms with van der Waals surface area (Å²) in [6, 6.07) is 2.03. The van der Waals surface area contributed by atoms with E-state index in [1.165, 1.54) is 6.07 Å². The molecule has 1 unspecified atom stereocenters. The van der Waals surface area contributed by atoms with E-state index in [0.29, 0.717) is 0 Å². The van der Waals surface area contributed by atoms with E-state index < -0.39 is 23.5 Å². The second-order valence-electron chi connectivity index (χ2n) is 3.54. The molecule has 82 valence electrons. The van der Waals surface area contributed by atoms with Crippen molar-refractivity contribution in [2.75, 3.05) is 6.61 Å². The third-order valence-electron chi connectivity index (χ3n) is 2.42. The van der Waals surface area contributed by atoms with E-state index in [9.17, 15) is 17.6 Å². The lowest BCUT2D eigenvalue weighted by Gasteiger charge is -2.13. The predicted octanol–water partition coefficient (Wildman–Crippen LogP) is 3.34. The minimum Gasteiger partial charge on any atom is -0.493 e. The van der Waals surface area contributed by atoms with Gasteiger partial charge in [-0.1, -0.05) is 6.92 Å². The summed E-state index contributed by atoms with van der Waals surface area (Å²) in [6.45, 7) is 1.75. The minimum absolute atomic E-state index is 0.0671. The lowest BCUT2D eigenvalue weighted by atomic mass is 9.96. The van der Waals surface area contributed by atoms with Crippen LogP contribution in [0, 0.1) is 5.82 Å². The Balaban J connectivity index is 2.68. The van der Waals surface area contributed by atoms with E-state index in [1.54, 1.807) is 6.92 Å². The molecule has 1 aliphatic heterocycles. The second-order valence-corrected chi connectivity index (χ2v) is 3.54. The summed E-state index contributed by atoms with van der Waals surface area (Å²) in [5.41, 5.74) is -1.26. The minimum atomic E-state index is -4.67. The van der Waals surface area contributed by atoms with Crippen LogP contribution >= 0.6 is 0 Å². The molecule has 0 fully saturated rings. The quantitative estimate of drug-likeness (QED) is 0.609. The van der Waals surface area contributed by atoms with Crippen LogP contribution in [0.15, 0.2) is 12.1 Å². The fourth-order valence-corrected chi connectivity index (χ4v) is 1.78. The van der Waals surface area contributed by atoms with E-state index in [0.717, 1.165) is 6.07 Å². The van der Waals surface area contributed by atoms with Crippen LogP contribution in [0.3, 0.4) is 0 Å². The molecule has 0 amide bonds. The molecule has 0 saturated heterocycles. The lowest BCUT2D eigenvalue weighted by Crippen LogP contribution is -2.12. The van der Waals surface area contributed by atoms with Gasteiger partial charge >= 0.3 is 6.18 Å². The summed E-state index contributed by atoms with van der Waals surface area (Å²) in [5, 5.41) is 0. The van der Waals surface area contributed by atoms with E-state index >= 15 is 0 Å². The average Bonchev–Trinajstić information content (AvgIpc) is 2.46. The van der Waals surface area contributed by atoms with Gasteiger partial charge in [-0.15, -0.1) is 0 Å². The van der Waals surface area contributed by atoms with Gasteiger partial charge in [-0.25, -0.2) is 4.39 Å². The molecule has 1 aliphatic rings. The first kappa shape index (κ1) is 10.3. The molecule has 1 nitrogen and oxygen atoms in total. The average molecular weight is 220 g/mol. The van der Waals surface area contributed by atoms with E-state index in [-0.39, 0.29) is 17.9 Å². The third kappa shape index (κ3) is 1.56. The lowest BCUT2D eigenvalue weighted by molar-refractivity contribution is -0.140. The molecule has 1 aromatic rings. The van der Waals surface area contributed by atoms with Gasteiger partial charge in [-0.3, -0.25) is 0 Å². The Morgan fingerprint density at radius 1 is 1.33 bits per heavy atom. The van der Waals surface area contributed by atoms with Crippen LogP contribution in [0.4, 0.5) is 17.6 Å². The first-order valence-corrected chi connectivity index (χ1v) is 4.43. The van der Waals surface area contributed by atoms with Crippen LogP contribution in [-0.4, -0.2) is 6.61 Å². The summed E-state index contributed by atoms with van der Waals surface area (Å²) in [7, 11) is 0. The third-order valence-corrected chi connectivity index (χ3v) is 2.42. The van der Waals surface area contributed by atoms with E-state index in [2.05, 4.69) is 0 Å². The number of halogens is 4. The number of benzene rings is 1. The van der Waals surface area contributed by atoms with Gasteiger partial charge < -0.3 is 4.74 Å². The molecule has 15 heavy (non-hydrogen) atoms. The molecule has 0 radical (unpaired) electrons. The fourth-order valence-electron chi connectivity index (χ4n) is 1.78. The molecule has 0 bridgehead atoms. The van der Waals surface area contributed by atoms with Crippen molar-refractivity contribution in [3.63, 3.8) is 0 Å². The Hall–Kier alpha value is -1.26. The number of alkyl halides is 3. The maximum Gasteiger partial charge on any atom is 0.419 e. The van der Waals surface area contributed by atoms with Crippen molar-refractivity contribution in [2.45, 2.75) is 19.0 Å². The molecule has 5 heteroatoms. The zero-order valence-electron chi connectivity index (χ0n) is 7.86. The van der Waals surface area contributed by atoms with Gasteiger partial charge in [0.25, 0.3) is 0 Å². The number of hydrogen-bond acceptors (Lipinski definition) is 1. The Kier molecular flexibility index (Phi) is 2.13. The van der Waals surface area contributed by atoms with Crippen molar-refractivity contribution in [2.24, 2.45) is 0 Å². The maximum atomic E-state index is 13.1. The molecule has 0 spiro atoms. The molecule has 2 rings (SSSR count). The van der Waals surface area contributed by atoms with Gasteiger partial charge in [-0.2, -0.15) is 13.2 Å². The SMILES string of the molecule is CC1COc2ccc(F)c(C(F)(F)F)c21. The van der Waals surface area contributed by atoms with Crippen molar-refractivity contribution in [1.82, 2.24) is 0 Å². The first-order valence-electron chi connectivity index (χ1n) is 4.43. The highest BCUT2D eigenvalue weighted by Crippen LogP contribution is 2.44. The van der Waals surface area contributed by atoms with Gasteiger partial charge in [0.1, 0.15) is 11.6 Å². The first-order chi connectivity index (χ1) is 6.91. The Morgan fingerprint density at radius 2 is 2.00 bits per heavy atom. The molecule has 0 aromatic heterocycles. The van der Waals surface area contributed by atoms with E-state index in [1.807, 2.05) is 0 Å². The second kappa shape index (κ2) is 3.12. The van der Waals surface area contributed by atoms with Gasteiger partial charge in [0.2, 0.25) is 0 Å². The molecule has 1 heterocycles. The van der Waals surface area contributed by atoms with Crippen LogP contribution in [0.2, 0.25) is 0 Å². The van der Waals surface area contributed by atoms with Crippen LogP contribution in [-0.2, 0) is 6.18 Å². The van der Waals surface area contributed by atoms with Gasteiger partial charge in [0.15, 0.2) is 0 Å². The number of fused-ring (bicyclic) bond motifs is 1. The van der Waals surface area contributed by atoms with Crippen molar-refractivity contribution >= 4 is 0 Å². The van der Waals surface area contributed by atoms with E-state index in [4.69, 9.17) is 4.74 Å². The zero-order chi connectivity index (χ0) is 11.2. The van der Waals surface area contributed by atoms with Crippen LogP contribution < -0.4 is 4.74 Å². The van der Waals surface area contributed by atoms with Crippen LogP contribution in [0.25, 0.3) is 0 Å². The molecule has 1 aromatic carbocycles. The molecular weight excluding hydrogens is 212 g/mol. The standard InChI is InChI=1S/C10H8F4O/c1-5-4-15-7-3-2-6(11)9(8(5)7)10(12,13)14/h2-3,5H,4H2,1H3. The largest absolute Gasteiger partial charge is 0.493 e. The Bertz CT molecular complexity index is 397. The summed E-state index contributed by atoms with van der Waals surface area (Å²) in [5.74, 6) is -1.53. The highest BCUT2D eigenvalue weighted by Gasteiger charge is 2.41. The van der Waals surface area contributed by atoms with Crippen molar-refractivity contribution in [3.05, 3.63) is 29.1 Å². The molecule has 0 N–H and O–H groups in total. The summed E-state index contributed by atoms with van der Waals surface area (Å²) >= 11 is 0. The summed E-state index contributed by atoms with van der Waals surface area (Å²) in [4.78, 5) is 0. The summed E-state index contributed by atoms with van der Waals surface area (Å²) < 4.78 is 55.9. The highest BCUT2D eigenvalue weighted by atomic mass is 19.4. The number of ether oxygens (including phenoxy) is 1. The zero-order valence-corrected chi connectivity index (χ0v) is 7.86. The summed E-state index contributed by atoms with van der Waals surface area (Å²) in [6.07, 6.45) is -4.67. The smallest absolute Gasteiger partial charge is 0.419 e. The highest BCUT2D eigenvalue weighted by molar-refractivity contribution is 5.47. The van der Waals surface area contributed by atoms with Crippen molar-refractivity contribution < 1.29 is 22.3 Å². The molecular formula is C10H8F4O. The Labute approximate surface area is 83.7 Å². The van der Waals surface area contributed by atoms with Gasteiger partial charge in [0.05, 0.1) is 12.2 Å². The number of hydrogen-bond donors (Lipinski definition) is 0. The molecule has 0 aliphatic carbocycles. The topological polar surface area (TPSA) is 9.23 Å². The van der Waals surface area contributed by atoms with Crippen LogP contribution in [0.1, 0.15) is 24.0 Å². The van der Waals surface area contributed by atoms with Crippen molar-refractivity contribution in [3.8, 4) is 5.75 Å². The Morgan fingerprint density at radius 3 is 2.60 bits per heavy atom. The van der Waals surface area contributed by atoms with Gasteiger partial charge in [0, 0.05) is 11.5 Å². The molecule has 0 saturated carbocycles.